The topological polar surface area (TPSA) is 63.8 Å². The smallest absolute Gasteiger partial charge is 0.206 e. The molecular weight excluding hydrogens is 336 g/mol. The van der Waals surface area contributed by atoms with Crippen molar-refractivity contribution in [3.05, 3.63) is 39.7 Å². The highest BCUT2D eigenvalue weighted by atomic mass is 32.2. The second-order valence-corrected chi connectivity index (χ2v) is 7.90. The molecule has 116 valence electrons. The minimum absolute atomic E-state index is 0.679. The summed E-state index contributed by atoms with van der Waals surface area (Å²) in [5.41, 5.74) is 0.948. The summed E-state index contributed by atoms with van der Waals surface area (Å²) in [6.45, 7) is 4.75. The number of oxazole rings is 1. The SMILES string of the molecule is Cc1nc(CSc2nnc(NCCc3cccs3)s2)oc1C. The van der Waals surface area contributed by atoms with Crippen LogP contribution in [0, 0.1) is 13.8 Å². The summed E-state index contributed by atoms with van der Waals surface area (Å²) >= 11 is 4.94. The molecule has 0 unspecified atom stereocenters. The van der Waals surface area contributed by atoms with Crippen LogP contribution in [0.5, 0.6) is 0 Å². The molecule has 3 heterocycles. The van der Waals surface area contributed by atoms with E-state index in [9.17, 15) is 0 Å². The van der Waals surface area contributed by atoms with Gasteiger partial charge in [-0.1, -0.05) is 29.2 Å². The van der Waals surface area contributed by atoms with E-state index in [2.05, 4.69) is 38.0 Å². The summed E-state index contributed by atoms with van der Waals surface area (Å²) in [6.07, 6.45) is 1.01. The van der Waals surface area contributed by atoms with Crippen LogP contribution < -0.4 is 5.32 Å². The average Bonchev–Trinajstić information content (AvgIpc) is 3.21. The number of thiophene rings is 1. The van der Waals surface area contributed by atoms with Crippen LogP contribution in [0.4, 0.5) is 5.13 Å². The van der Waals surface area contributed by atoms with Gasteiger partial charge >= 0.3 is 0 Å². The van der Waals surface area contributed by atoms with Gasteiger partial charge in [-0.3, -0.25) is 0 Å². The third-order valence-corrected chi connectivity index (χ3v) is 5.96. The summed E-state index contributed by atoms with van der Waals surface area (Å²) in [7, 11) is 0. The van der Waals surface area contributed by atoms with E-state index in [4.69, 9.17) is 4.42 Å². The second kappa shape index (κ2) is 7.26. The van der Waals surface area contributed by atoms with E-state index < -0.39 is 0 Å². The molecule has 3 aromatic rings. The van der Waals surface area contributed by atoms with Crippen molar-refractivity contribution < 1.29 is 4.42 Å². The Morgan fingerprint density at radius 2 is 2.23 bits per heavy atom. The Labute approximate surface area is 141 Å². The Morgan fingerprint density at radius 1 is 1.32 bits per heavy atom. The lowest BCUT2D eigenvalue weighted by Crippen LogP contribution is -2.03. The maximum Gasteiger partial charge on any atom is 0.206 e. The van der Waals surface area contributed by atoms with E-state index in [-0.39, 0.29) is 0 Å². The van der Waals surface area contributed by atoms with E-state index in [0.29, 0.717) is 5.75 Å². The highest BCUT2D eigenvalue weighted by Crippen LogP contribution is 2.28. The van der Waals surface area contributed by atoms with Gasteiger partial charge in [-0.05, 0) is 31.7 Å². The van der Waals surface area contributed by atoms with Gasteiger partial charge in [-0.15, -0.1) is 21.5 Å². The summed E-state index contributed by atoms with van der Waals surface area (Å²) in [4.78, 5) is 5.74. The fourth-order valence-electron chi connectivity index (χ4n) is 1.81. The zero-order chi connectivity index (χ0) is 15.4. The van der Waals surface area contributed by atoms with Crippen LogP contribution in [0.15, 0.2) is 26.3 Å². The minimum atomic E-state index is 0.679. The third-order valence-electron chi connectivity index (χ3n) is 3.03. The van der Waals surface area contributed by atoms with Crippen LogP contribution >= 0.6 is 34.4 Å². The predicted octanol–water partition coefficient (Wildman–Crippen LogP) is 4.15. The molecule has 1 N–H and O–H groups in total. The molecule has 0 atom stereocenters. The molecular formula is C14H16N4OS3. The van der Waals surface area contributed by atoms with Crippen molar-refractivity contribution in [3.8, 4) is 0 Å². The monoisotopic (exact) mass is 352 g/mol. The molecule has 0 saturated heterocycles. The Kier molecular flexibility index (Phi) is 5.12. The van der Waals surface area contributed by atoms with Crippen LogP contribution in [0.1, 0.15) is 22.2 Å². The van der Waals surface area contributed by atoms with Crippen LogP contribution in [0.3, 0.4) is 0 Å². The van der Waals surface area contributed by atoms with Gasteiger partial charge in [0.15, 0.2) is 4.34 Å². The summed E-state index contributed by atoms with van der Waals surface area (Å²) in [5.74, 6) is 2.30. The van der Waals surface area contributed by atoms with Crippen LogP contribution in [-0.4, -0.2) is 21.7 Å². The van der Waals surface area contributed by atoms with E-state index in [0.717, 1.165) is 39.8 Å². The van der Waals surface area contributed by atoms with Crippen molar-refractivity contribution in [2.45, 2.75) is 30.4 Å². The zero-order valence-corrected chi connectivity index (χ0v) is 14.8. The van der Waals surface area contributed by atoms with Gasteiger partial charge < -0.3 is 9.73 Å². The van der Waals surface area contributed by atoms with Crippen LogP contribution in [0.25, 0.3) is 0 Å². The molecule has 8 heteroatoms. The standard InChI is InChI=1S/C14H16N4OS3/c1-9-10(2)19-12(16-9)8-21-14-18-17-13(22-14)15-6-5-11-4-3-7-20-11/h3-4,7H,5-6,8H2,1-2H3,(H,15,17). The van der Waals surface area contributed by atoms with Gasteiger partial charge in [0.2, 0.25) is 11.0 Å². The van der Waals surface area contributed by atoms with E-state index in [1.165, 1.54) is 4.88 Å². The highest BCUT2D eigenvalue weighted by molar-refractivity contribution is 8.00. The number of aryl methyl sites for hydroxylation is 2. The lowest BCUT2D eigenvalue weighted by molar-refractivity contribution is 0.489. The van der Waals surface area contributed by atoms with Gasteiger partial charge in [-0.25, -0.2) is 4.98 Å². The fraction of sp³-hybridized carbons (Fsp3) is 0.357. The average molecular weight is 353 g/mol. The molecule has 0 aliphatic rings. The molecule has 0 aliphatic heterocycles. The largest absolute Gasteiger partial charge is 0.445 e. The molecule has 0 aromatic carbocycles. The first kappa shape index (κ1) is 15.5. The quantitative estimate of drug-likeness (QED) is 0.644. The van der Waals surface area contributed by atoms with Crippen molar-refractivity contribution in [2.75, 3.05) is 11.9 Å². The van der Waals surface area contributed by atoms with E-state index >= 15 is 0 Å². The van der Waals surface area contributed by atoms with Gasteiger partial charge in [0.25, 0.3) is 0 Å². The molecule has 3 rings (SSSR count). The Hall–Kier alpha value is -1.38. The van der Waals surface area contributed by atoms with Crippen molar-refractivity contribution >= 4 is 39.6 Å². The lowest BCUT2D eigenvalue weighted by atomic mass is 10.3. The molecule has 5 nitrogen and oxygen atoms in total. The van der Waals surface area contributed by atoms with Gasteiger partial charge in [0.1, 0.15) is 5.76 Å². The first-order valence-electron chi connectivity index (χ1n) is 6.86. The maximum atomic E-state index is 5.56. The predicted molar refractivity (Wildman–Crippen MR) is 92.0 cm³/mol. The molecule has 0 saturated carbocycles. The number of anilines is 1. The van der Waals surface area contributed by atoms with Crippen molar-refractivity contribution in [2.24, 2.45) is 0 Å². The summed E-state index contributed by atoms with van der Waals surface area (Å²) < 4.78 is 6.48. The molecule has 0 bridgehead atoms. The highest BCUT2D eigenvalue weighted by Gasteiger charge is 2.09. The molecule has 0 aliphatic carbocycles. The number of aromatic nitrogens is 3. The number of thioether (sulfide) groups is 1. The zero-order valence-electron chi connectivity index (χ0n) is 12.3. The lowest BCUT2D eigenvalue weighted by Gasteiger charge is -1.98. The van der Waals surface area contributed by atoms with Crippen molar-refractivity contribution in [1.29, 1.82) is 0 Å². The van der Waals surface area contributed by atoms with Gasteiger partial charge in [0, 0.05) is 11.4 Å². The molecule has 0 fully saturated rings. The molecule has 0 amide bonds. The number of hydrogen-bond acceptors (Lipinski definition) is 8. The number of nitrogens with zero attached hydrogens (tertiary/aromatic N) is 3. The van der Waals surface area contributed by atoms with Crippen LogP contribution in [0.2, 0.25) is 0 Å². The third kappa shape index (κ3) is 4.08. The van der Waals surface area contributed by atoms with Gasteiger partial charge in [-0.2, -0.15) is 0 Å². The molecule has 3 aromatic heterocycles. The summed E-state index contributed by atoms with van der Waals surface area (Å²) in [5, 5.41) is 14.6. The van der Waals surface area contributed by atoms with Gasteiger partial charge in [0.05, 0.1) is 11.4 Å². The minimum Gasteiger partial charge on any atom is -0.445 e. The Bertz CT molecular complexity index is 701. The Balaban J connectivity index is 1.46. The first-order chi connectivity index (χ1) is 10.7. The molecule has 0 spiro atoms. The van der Waals surface area contributed by atoms with Crippen LogP contribution in [-0.2, 0) is 12.2 Å². The number of hydrogen-bond donors (Lipinski definition) is 1. The van der Waals surface area contributed by atoms with E-state index in [1.54, 1.807) is 34.4 Å². The Morgan fingerprint density at radius 3 is 2.95 bits per heavy atom. The van der Waals surface area contributed by atoms with E-state index in [1.807, 2.05) is 13.8 Å². The van der Waals surface area contributed by atoms with Crippen molar-refractivity contribution in [3.63, 3.8) is 0 Å². The maximum absolute atomic E-state index is 5.56. The first-order valence-corrected chi connectivity index (χ1v) is 9.54. The molecule has 0 radical (unpaired) electrons. The van der Waals surface area contributed by atoms with Crippen molar-refractivity contribution in [1.82, 2.24) is 15.2 Å². The number of rotatable bonds is 7. The normalized spacial score (nSPS) is 11.0. The fourth-order valence-corrected chi connectivity index (χ4v) is 4.14. The molecule has 22 heavy (non-hydrogen) atoms. The number of nitrogens with one attached hydrogen (secondary N) is 1. The summed E-state index contributed by atoms with van der Waals surface area (Å²) in [6, 6.07) is 4.22. The second-order valence-electron chi connectivity index (χ2n) is 4.67.